The Labute approximate surface area is 97.9 Å². The lowest BCUT2D eigenvalue weighted by molar-refractivity contribution is -0.122. The lowest BCUT2D eigenvalue weighted by Gasteiger charge is -2.29. The van der Waals surface area contributed by atoms with Crippen molar-refractivity contribution in [2.24, 2.45) is 5.92 Å². The molecule has 1 aliphatic carbocycles. The van der Waals surface area contributed by atoms with Crippen LogP contribution in [0.4, 0.5) is 0 Å². The van der Waals surface area contributed by atoms with Crippen LogP contribution in [0.3, 0.4) is 0 Å². The van der Waals surface area contributed by atoms with Gasteiger partial charge in [0.15, 0.2) is 0 Å². The molecule has 1 aliphatic rings. The monoisotopic (exact) mass is 225 g/mol. The average molecular weight is 225 g/mol. The van der Waals surface area contributed by atoms with Crippen LogP contribution in [0.25, 0.3) is 0 Å². The molecular formula is C13H23NO2. The van der Waals surface area contributed by atoms with E-state index < -0.39 is 0 Å². The summed E-state index contributed by atoms with van der Waals surface area (Å²) in [6.45, 7) is 3.65. The molecule has 0 aromatic carbocycles. The van der Waals surface area contributed by atoms with Crippen molar-refractivity contribution < 1.29 is 9.90 Å². The number of carbonyl (C=O) groups excluding carboxylic acids is 1. The molecule has 0 heterocycles. The molecule has 1 unspecified atom stereocenters. The molecule has 0 aromatic rings. The van der Waals surface area contributed by atoms with Gasteiger partial charge in [0.05, 0.1) is 12.6 Å². The molecule has 1 saturated carbocycles. The quantitative estimate of drug-likeness (QED) is 0.679. The van der Waals surface area contributed by atoms with Gasteiger partial charge in [0.2, 0.25) is 5.91 Å². The molecule has 0 radical (unpaired) electrons. The van der Waals surface area contributed by atoms with Crippen LogP contribution >= 0.6 is 0 Å². The van der Waals surface area contributed by atoms with Crippen molar-refractivity contribution in [3.05, 3.63) is 12.7 Å². The maximum atomic E-state index is 11.5. The van der Waals surface area contributed by atoms with Gasteiger partial charge in [-0.15, -0.1) is 6.58 Å². The second kappa shape index (κ2) is 7.44. The van der Waals surface area contributed by atoms with Crippen LogP contribution in [-0.4, -0.2) is 23.7 Å². The van der Waals surface area contributed by atoms with Crippen molar-refractivity contribution in [2.45, 2.75) is 51.0 Å². The van der Waals surface area contributed by atoms with Crippen molar-refractivity contribution in [3.8, 4) is 0 Å². The number of carbonyl (C=O) groups is 1. The standard InChI is InChI=1S/C13H23NO2/c1-2-3-9-13(16)14-12(10-15)11-7-5-4-6-8-11/h2,11-12,15H,1,3-10H2,(H,14,16). The van der Waals surface area contributed by atoms with Crippen molar-refractivity contribution in [1.82, 2.24) is 5.32 Å². The van der Waals surface area contributed by atoms with Gasteiger partial charge in [-0.2, -0.15) is 0 Å². The van der Waals surface area contributed by atoms with Gasteiger partial charge >= 0.3 is 0 Å². The maximum Gasteiger partial charge on any atom is 0.220 e. The van der Waals surface area contributed by atoms with E-state index in [4.69, 9.17) is 0 Å². The summed E-state index contributed by atoms with van der Waals surface area (Å²) in [6.07, 6.45) is 8.93. The number of allylic oxidation sites excluding steroid dienone is 1. The van der Waals surface area contributed by atoms with Crippen molar-refractivity contribution in [1.29, 1.82) is 0 Å². The predicted octanol–water partition coefficient (Wildman–Crippen LogP) is 2.01. The average Bonchev–Trinajstić information content (AvgIpc) is 2.34. The Kier molecular flexibility index (Phi) is 6.16. The summed E-state index contributed by atoms with van der Waals surface area (Å²) in [4.78, 5) is 11.5. The Morgan fingerprint density at radius 2 is 2.12 bits per heavy atom. The molecule has 2 N–H and O–H groups in total. The van der Waals surface area contributed by atoms with Crippen LogP contribution < -0.4 is 5.32 Å². The van der Waals surface area contributed by atoms with E-state index in [1.54, 1.807) is 6.08 Å². The first kappa shape index (κ1) is 13.2. The third-order valence-corrected chi connectivity index (χ3v) is 3.34. The molecule has 1 atom stereocenters. The Balaban J connectivity index is 2.34. The summed E-state index contributed by atoms with van der Waals surface area (Å²) >= 11 is 0. The molecule has 0 bridgehead atoms. The molecule has 92 valence electrons. The SMILES string of the molecule is C=CCCC(=O)NC(CO)C1CCCCC1. The number of hydrogen-bond donors (Lipinski definition) is 2. The van der Waals surface area contributed by atoms with Gasteiger partial charge in [-0.05, 0) is 25.2 Å². The first-order valence-corrected chi connectivity index (χ1v) is 6.29. The van der Waals surface area contributed by atoms with E-state index >= 15 is 0 Å². The zero-order valence-electron chi connectivity index (χ0n) is 9.95. The van der Waals surface area contributed by atoms with Crippen LogP contribution in [0, 0.1) is 5.92 Å². The lowest BCUT2D eigenvalue weighted by atomic mass is 9.84. The number of rotatable bonds is 6. The lowest BCUT2D eigenvalue weighted by Crippen LogP contribution is -2.43. The summed E-state index contributed by atoms with van der Waals surface area (Å²) in [7, 11) is 0. The van der Waals surface area contributed by atoms with E-state index in [1.165, 1.54) is 19.3 Å². The molecular weight excluding hydrogens is 202 g/mol. The zero-order valence-corrected chi connectivity index (χ0v) is 9.95. The fourth-order valence-corrected chi connectivity index (χ4v) is 2.36. The van der Waals surface area contributed by atoms with E-state index in [0.29, 0.717) is 18.8 Å². The fraction of sp³-hybridized carbons (Fsp3) is 0.769. The van der Waals surface area contributed by atoms with E-state index in [0.717, 1.165) is 12.8 Å². The summed E-state index contributed by atoms with van der Waals surface area (Å²) in [5, 5.41) is 12.3. The van der Waals surface area contributed by atoms with E-state index in [9.17, 15) is 9.90 Å². The highest BCUT2D eigenvalue weighted by atomic mass is 16.3. The van der Waals surface area contributed by atoms with Gasteiger partial charge in [-0.3, -0.25) is 4.79 Å². The number of aliphatic hydroxyl groups is 1. The van der Waals surface area contributed by atoms with Gasteiger partial charge in [0.1, 0.15) is 0 Å². The third kappa shape index (κ3) is 4.35. The van der Waals surface area contributed by atoms with Gasteiger partial charge in [-0.25, -0.2) is 0 Å². The van der Waals surface area contributed by atoms with Crippen LogP contribution in [0.15, 0.2) is 12.7 Å². The van der Waals surface area contributed by atoms with Crippen LogP contribution in [-0.2, 0) is 4.79 Å². The Hall–Kier alpha value is -0.830. The highest BCUT2D eigenvalue weighted by molar-refractivity contribution is 5.76. The summed E-state index contributed by atoms with van der Waals surface area (Å²) in [5.74, 6) is 0.496. The second-order valence-electron chi connectivity index (χ2n) is 4.58. The summed E-state index contributed by atoms with van der Waals surface area (Å²) in [5.41, 5.74) is 0. The first-order valence-electron chi connectivity index (χ1n) is 6.29. The Morgan fingerprint density at radius 3 is 2.69 bits per heavy atom. The number of amides is 1. The van der Waals surface area contributed by atoms with Gasteiger partial charge < -0.3 is 10.4 Å². The Morgan fingerprint density at radius 1 is 1.44 bits per heavy atom. The van der Waals surface area contributed by atoms with Gasteiger partial charge in [0, 0.05) is 6.42 Å². The van der Waals surface area contributed by atoms with Gasteiger partial charge in [0.25, 0.3) is 0 Å². The van der Waals surface area contributed by atoms with E-state index in [-0.39, 0.29) is 18.6 Å². The molecule has 16 heavy (non-hydrogen) atoms. The third-order valence-electron chi connectivity index (χ3n) is 3.34. The minimum absolute atomic E-state index is 0.0320. The van der Waals surface area contributed by atoms with Crippen LogP contribution in [0.2, 0.25) is 0 Å². The molecule has 3 heteroatoms. The molecule has 1 fully saturated rings. The van der Waals surface area contributed by atoms with Crippen LogP contribution in [0.5, 0.6) is 0 Å². The molecule has 1 amide bonds. The molecule has 0 spiro atoms. The predicted molar refractivity (Wildman–Crippen MR) is 65.0 cm³/mol. The minimum atomic E-state index is -0.0439. The van der Waals surface area contributed by atoms with Crippen molar-refractivity contribution >= 4 is 5.91 Å². The van der Waals surface area contributed by atoms with Crippen LogP contribution in [0.1, 0.15) is 44.9 Å². The smallest absolute Gasteiger partial charge is 0.220 e. The highest BCUT2D eigenvalue weighted by Gasteiger charge is 2.23. The Bertz CT molecular complexity index is 222. The molecule has 0 aromatic heterocycles. The van der Waals surface area contributed by atoms with E-state index in [2.05, 4.69) is 11.9 Å². The molecule has 0 saturated heterocycles. The largest absolute Gasteiger partial charge is 0.394 e. The first-order chi connectivity index (χ1) is 7.77. The normalized spacial score (nSPS) is 19.1. The highest BCUT2D eigenvalue weighted by Crippen LogP contribution is 2.26. The zero-order chi connectivity index (χ0) is 11.8. The molecule has 3 nitrogen and oxygen atoms in total. The van der Waals surface area contributed by atoms with Gasteiger partial charge in [-0.1, -0.05) is 25.3 Å². The number of aliphatic hydroxyl groups excluding tert-OH is 1. The second-order valence-corrected chi connectivity index (χ2v) is 4.58. The van der Waals surface area contributed by atoms with E-state index in [1.807, 2.05) is 0 Å². The van der Waals surface area contributed by atoms with Crippen molar-refractivity contribution in [3.63, 3.8) is 0 Å². The summed E-state index contributed by atoms with van der Waals surface area (Å²) < 4.78 is 0. The number of hydrogen-bond acceptors (Lipinski definition) is 2. The minimum Gasteiger partial charge on any atom is -0.394 e. The molecule has 1 rings (SSSR count). The number of nitrogens with one attached hydrogen (secondary N) is 1. The topological polar surface area (TPSA) is 49.3 Å². The maximum absolute atomic E-state index is 11.5. The fourth-order valence-electron chi connectivity index (χ4n) is 2.36. The van der Waals surface area contributed by atoms with Crippen molar-refractivity contribution in [2.75, 3.05) is 6.61 Å². The summed E-state index contributed by atoms with van der Waals surface area (Å²) in [6, 6.07) is -0.0439. The molecule has 0 aliphatic heterocycles.